The highest BCUT2D eigenvalue weighted by molar-refractivity contribution is 8.10. The minimum absolute atomic E-state index is 0.200. The number of hydrogen-bond donors (Lipinski definition) is 0. The van der Waals surface area contributed by atoms with Crippen LogP contribution in [0.2, 0.25) is 0 Å². The fourth-order valence-electron chi connectivity index (χ4n) is 0.764. The molecule has 0 spiro atoms. The third kappa shape index (κ3) is 3.19. The number of nitrogens with zero attached hydrogens (tertiary/aromatic N) is 1. The lowest BCUT2D eigenvalue weighted by Crippen LogP contribution is -2.00. The first-order chi connectivity index (χ1) is 6.38. The molecule has 0 heterocycles. The number of halogens is 1. The van der Waals surface area contributed by atoms with Crippen LogP contribution in [0.3, 0.4) is 0 Å². The van der Waals surface area contributed by atoms with E-state index in [0.29, 0.717) is 0 Å². The molecule has 1 aromatic rings. The number of benzene rings is 1. The number of nitro groups is 1. The molecule has 14 heavy (non-hydrogen) atoms. The van der Waals surface area contributed by atoms with E-state index in [9.17, 15) is 18.5 Å². The zero-order chi connectivity index (χ0) is 10.8. The van der Waals surface area contributed by atoms with Crippen molar-refractivity contribution < 1.29 is 17.5 Å². The molecule has 0 radical (unpaired) electrons. The molecule has 0 aromatic heterocycles. The quantitative estimate of drug-likeness (QED) is 0.451. The summed E-state index contributed by atoms with van der Waals surface area (Å²) in [7, 11) is 0.610. The summed E-state index contributed by atoms with van der Waals surface area (Å²) >= 11 is 0. The number of non-ortho nitro benzene ring substituents is 1. The molecule has 0 aliphatic rings. The van der Waals surface area contributed by atoms with Gasteiger partial charge in [0.05, 0.1) is 21.7 Å². The van der Waals surface area contributed by atoms with Crippen LogP contribution in [-0.4, -0.2) is 13.3 Å². The fraction of sp³-hybridized carbons (Fsp3) is 0. The van der Waals surface area contributed by atoms with Crippen molar-refractivity contribution in [1.82, 2.24) is 0 Å². The molecule has 76 valence electrons. The molecule has 0 saturated heterocycles. The number of hydrogen-bond acceptors (Lipinski definition) is 5. The third-order valence-electron chi connectivity index (χ3n) is 1.22. The van der Waals surface area contributed by atoms with Gasteiger partial charge in [-0.15, -0.1) is 0 Å². The van der Waals surface area contributed by atoms with Gasteiger partial charge >= 0.3 is 9.33 Å². The third-order valence-corrected chi connectivity index (χ3v) is 1.80. The summed E-state index contributed by atoms with van der Waals surface area (Å²) in [4.78, 5) is 9.61. The highest BCUT2D eigenvalue weighted by Crippen LogP contribution is 2.21. The monoisotopic (exact) mass is 237 g/mol. The molecule has 1 aromatic carbocycles. The molecule has 0 fully saturated rings. The number of nitro benzene ring substituents is 1. The SMILES string of the molecule is O=[N+]([O-])c1cccc(OS(=O)(=O)Cl)c1. The molecule has 0 atom stereocenters. The van der Waals surface area contributed by atoms with Crippen LogP contribution in [0.1, 0.15) is 0 Å². The largest absolute Gasteiger partial charge is 0.401 e. The van der Waals surface area contributed by atoms with Crippen molar-refractivity contribution in [1.29, 1.82) is 0 Å². The van der Waals surface area contributed by atoms with Gasteiger partial charge in [0.2, 0.25) is 0 Å². The van der Waals surface area contributed by atoms with E-state index in [0.717, 1.165) is 6.07 Å². The zero-order valence-corrected chi connectivity index (χ0v) is 8.16. The van der Waals surface area contributed by atoms with Crippen LogP contribution >= 0.6 is 10.7 Å². The molecule has 0 N–H and O–H groups in total. The smallest absolute Gasteiger partial charge is 0.371 e. The second-order valence-electron chi connectivity index (χ2n) is 2.23. The van der Waals surface area contributed by atoms with Crippen LogP contribution in [0.5, 0.6) is 5.75 Å². The Bertz CT molecular complexity index is 457. The van der Waals surface area contributed by atoms with Crippen LogP contribution in [0.15, 0.2) is 24.3 Å². The lowest BCUT2D eigenvalue weighted by atomic mass is 10.3. The van der Waals surface area contributed by atoms with Gasteiger partial charge < -0.3 is 4.18 Å². The molecule has 0 bridgehead atoms. The molecule has 0 amide bonds. The molecule has 0 unspecified atom stereocenters. The first-order valence-corrected chi connectivity index (χ1v) is 5.50. The minimum Gasteiger partial charge on any atom is -0.371 e. The van der Waals surface area contributed by atoms with Crippen molar-refractivity contribution in [3.05, 3.63) is 34.4 Å². The highest BCUT2D eigenvalue weighted by atomic mass is 35.7. The lowest BCUT2D eigenvalue weighted by molar-refractivity contribution is -0.384. The Balaban J connectivity index is 3.01. The van der Waals surface area contributed by atoms with Crippen molar-refractivity contribution in [3.63, 3.8) is 0 Å². The summed E-state index contributed by atoms with van der Waals surface area (Å²) in [5.74, 6) is -0.200. The van der Waals surface area contributed by atoms with Gasteiger partial charge in [0.25, 0.3) is 5.69 Å². The Morgan fingerprint density at radius 3 is 2.57 bits per heavy atom. The van der Waals surface area contributed by atoms with Crippen molar-refractivity contribution in [2.24, 2.45) is 0 Å². The van der Waals surface area contributed by atoms with Gasteiger partial charge in [-0.3, -0.25) is 10.1 Å². The normalized spacial score (nSPS) is 10.9. The van der Waals surface area contributed by atoms with E-state index in [-0.39, 0.29) is 11.4 Å². The average molecular weight is 238 g/mol. The molecule has 6 nitrogen and oxygen atoms in total. The Hall–Kier alpha value is -1.34. The Kier molecular flexibility index (Phi) is 2.92. The van der Waals surface area contributed by atoms with Crippen LogP contribution in [0, 0.1) is 10.1 Å². The molecule has 8 heteroatoms. The Labute approximate surface area is 83.8 Å². The lowest BCUT2D eigenvalue weighted by Gasteiger charge is -1.99. The number of rotatable bonds is 3. The molecular weight excluding hydrogens is 234 g/mol. The maximum Gasteiger partial charge on any atom is 0.401 e. The van der Waals surface area contributed by atoms with E-state index in [1.54, 1.807) is 0 Å². The van der Waals surface area contributed by atoms with Crippen molar-refractivity contribution in [2.45, 2.75) is 0 Å². The minimum atomic E-state index is -4.17. The summed E-state index contributed by atoms with van der Waals surface area (Å²) in [5, 5.41) is 10.3. The van der Waals surface area contributed by atoms with Crippen molar-refractivity contribution in [3.8, 4) is 5.75 Å². The van der Waals surface area contributed by atoms with Gasteiger partial charge in [0, 0.05) is 6.07 Å². The predicted molar refractivity (Wildman–Crippen MR) is 48.5 cm³/mol. The summed E-state index contributed by atoms with van der Waals surface area (Å²) in [6.45, 7) is 0. The molecular formula is C6H4ClNO5S. The fourth-order valence-corrected chi connectivity index (χ4v) is 1.32. The van der Waals surface area contributed by atoms with Crippen molar-refractivity contribution in [2.75, 3.05) is 0 Å². The average Bonchev–Trinajstić information content (AvgIpc) is 2.01. The second kappa shape index (κ2) is 3.81. The van der Waals surface area contributed by atoms with E-state index in [1.807, 2.05) is 0 Å². The summed E-state index contributed by atoms with van der Waals surface area (Å²) in [6.07, 6.45) is 0. The van der Waals surface area contributed by atoms with Gasteiger partial charge in [0.15, 0.2) is 5.75 Å². The van der Waals surface area contributed by atoms with Crippen LogP contribution in [0.25, 0.3) is 0 Å². The van der Waals surface area contributed by atoms with E-state index in [2.05, 4.69) is 4.18 Å². The first-order valence-electron chi connectivity index (χ1n) is 3.27. The molecule has 0 aliphatic heterocycles. The summed E-state index contributed by atoms with van der Waals surface area (Å²) in [5.41, 5.74) is -0.275. The van der Waals surface area contributed by atoms with Gasteiger partial charge in [-0.2, -0.15) is 8.42 Å². The van der Waals surface area contributed by atoms with E-state index >= 15 is 0 Å². The van der Waals surface area contributed by atoms with Crippen LogP contribution in [0.4, 0.5) is 5.69 Å². The molecule has 0 aliphatic carbocycles. The van der Waals surface area contributed by atoms with E-state index < -0.39 is 14.3 Å². The maximum absolute atomic E-state index is 10.5. The Morgan fingerprint density at radius 1 is 1.43 bits per heavy atom. The van der Waals surface area contributed by atoms with E-state index in [1.165, 1.54) is 18.2 Å². The van der Waals surface area contributed by atoms with Gasteiger partial charge in [0.1, 0.15) is 0 Å². The van der Waals surface area contributed by atoms with Crippen LogP contribution < -0.4 is 4.18 Å². The van der Waals surface area contributed by atoms with Crippen molar-refractivity contribution >= 4 is 25.7 Å². The standard InChI is InChI=1S/C6H4ClNO5S/c7-14(11,12)13-6-3-1-2-5(4-6)8(9)10/h1-4H. The summed E-state index contributed by atoms with van der Waals surface area (Å²) in [6, 6.07) is 4.69. The zero-order valence-electron chi connectivity index (χ0n) is 6.58. The second-order valence-corrected chi connectivity index (χ2v) is 4.32. The first kappa shape index (κ1) is 10.7. The van der Waals surface area contributed by atoms with Crippen LogP contribution in [-0.2, 0) is 9.33 Å². The maximum atomic E-state index is 10.5. The molecule has 1 rings (SSSR count). The predicted octanol–water partition coefficient (Wildman–Crippen LogP) is 1.46. The van der Waals surface area contributed by atoms with E-state index in [4.69, 9.17) is 10.7 Å². The highest BCUT2D eigenvalue weighted by Gasteiger charge is 2.11. The molecule has 0 saturated carbocycles. The van der Waals surface area contributed by atoms with Gasteiger partial charge in [-0.25, -0.2) is 0 Å². The Morgan fingerprint density at radius 2 is 2.07 bits per heavy atom. The van der Waals surface area contributed by atoms with Gasteiger partial charge in [-0.05, 0) is 6.07 Å². The summed E-state index contributed by atoms with van der Waals surface area (Å²) < 4.78 is 25.1. The van der Waals surface area contributed by atoms with Gasteiger partial charge in [-0.1, -0.05) is 6.07 Å². The topological polar surface area (TPSA) is 86.5 Å².